The highest BCUT2D eigenvalue weighted by atomic mass is 35.5. The lowest BCUT2D eigenvalue weighted by Crippen LogP contribution is -2.27. The molecule has 1 aromatic rings. The highest BCUT2D eigenvalue weighted by Gasteiger charge is 2.02. The average Bonchev–Trinajstić information content (AvgIpc) is 2.35. The van der Waals surface area contributed by atoms with Gasteiger partial charge in [-0.1, -0.05) is 29.8 Å². The summed E-state index contributed by atoms with van der Waals surface area (Å²) in [6.45, 7) is 1.97. The van der Waals surface area contributed by atoms with Crippen LogP contribution < -0.4 is 10.6 Å². The maximum Gasteiger partial charge on any atom is 0.175 e. The van der Waals surface area contributed by atoms with Crippen LogP contribution in [0.3, 0.4) is 0 Å². The number of rotatable bonds is 2. The van der Waals surface area contributed by atoms with Crippen molar-refractivity contribution >= 4 is 34.6 Å². The number of nitrogens with one attached hydrogen (secondary N) is 2. The van der Waals surface area contributed by atoms with Crippen molar-refractivity contribution in [1.29, 1.82) is 0 Å². The molecule has 94 valence electrons. The number of thiocarbonyl (C=S) groups is 1. The first kappa shape index (κ1) is 13.1. The molecular weight excluding hydrogens is 264 g/mol. The van der Waals surface area contributed by atoms with Crippen molar-refractivity contribution in [1.82, 2.24) is 5.32 Å². The summed E-state index contributed by atoms with van der Waals surface area (Å²) >= 11 is 11.3. The van der Waals surface area contributed by atoms with Crippen molar-refractivity contribution in [3.63, 3.8) is 0 Å². The van der Waals surface area contributed by atoms with Crippen molar-refractivity contribution in [3.05, 3.63) is 52.7 Å². The highest BCUT2D eigenvalue weighted by molar-refractivity contribution is 7.80. The van der Waals surface area contributed by atoms with Crippen LogP contribution in [0, 0.1) is 6.92 Å². The minimum atomic E-state index is 0.577. The fraction of sp³-hybridized carbons (Fsp3) is 0.214. The van der Waals surface area contributed by atoms with Gasteiger partial charge in [0.1, 0.15) is 0 Å². The van der Waals surface area contributed by atoms with Gasteiger partial charge in [0, 0.05) is 16.4 Å². The number of hydrogen-bond donors (Lipinski definition) is 2. The summed E-state index contributed by atoms with van der Waals surface area (Å²) in [7, 11) is 0. The van der Waals surface area contributed by atoms with Crippen LogP contribution in [-0.4, -0.2) is 5.11 Å². The number of halogens is 1. The van der Waals surface area contributed by atoms with Crippen LogP contribution >= 0.6 is 23.8 Å². The molecule has 0 heterocycles. The number of anilines is 1. The third-order valence-electron chi connectivity index (χ3n) is 2.68. The number of allylic oxidation sites excluding steroid dienone is 3. The molecule has 0 aromatic heterocycles. The van der Waals surface area contributed by atoms with E-state index in [4.69, 9.17) is 23.8 Å². The predicted octanol–water partition coefficient (Wildman–Crippen LogP) is 4.17. The van der Waals surface area contributed by atoms with Crippen molar-refractivity contribution in [2.45, 2.75) is 19.8 Å². The molecule has 0 bridgehead atoms. The zero-order valence-electron chi connectivity index (χ0n) is 10.2. The van der Waals surface area contributed by atoms with Crippen molar-refractivity contribution in [2.24, 2.45) is 0 Å². The Morgan fingerprint density at radius 1 is 1.28 bits per heavy atom. The Morgan fingerprint density at radius 3 is 2.78 bits per heavy atom. The molecule has 0 saturated carbocycles. The SMILES string of the molecule is Cc1ccc(NC(=S)NC2=CCCC=C2)cc1Cl. The maximum absolute atomic E-state index is 6.06. The average molecular weight is 279 g/mol. The molecule has 18 heavy (non-hydrogen) atoms. The van der Waals surface area contributed by atoms with Gasteiger partial charge in [-0.2, -0.15) is 0 Å². The number of hydrogen-bond acceptors (Lipinski definition) is 1. The van der Waals surface area contributed by atoms with Gasteiger partial charge < -0.3 is 10.6 Å². The van der Waals surface area contributed by atoms with Gasteiger partial charge in [-0.25, -0.2) is 0 Å². The van der Waals surface area contributed by atoms with E-state index in [1.54, 1.807) is 0 Å². The molecule has 0 aliphatic heterocycles. The Balaban J connectivity index is 1.96. The molecule has 0 spiro atoms. The lowest BCUT2D eigenvalue weighted by Gasteiger charge is -2.13. The van der Waals surface area contributed by atoms with Gasteiger partial charge in [0.25, 0.3) is 0 Å². The van der Waals surface area contributed by atoms with E-state index in [2.05, 4.69) is 22.8 Å². The molecule has 0 amide bonds. The molecule has 0 fully saturated rings. The van der Waals surface area contributed by atoms with Gasteiger partial charge in [-0.15, -0.1) is 0 Å². The zero-order chi connectivity index (χ0) is 13.0. The summed E-state index contributed by atoms with van der Waals surface area (Å²) < 4.78 is 0. The van der Waals surface area contributed by atoms with E-state index in [0.717, 1.165) is 34.8 Å². The molecule has 2 rings (SSSR count). The molecule has 0 unspecified atom stereocenters. The quantitative estimate of drug-likeness (QED) is 0.794. The van der Waals surface area contributed by atoms with Crippen LogP contribution in [0.15, 0.2) is 42.1 Å². The lowest BCUT2D eigenvalue weighted by molar-refractivity contribution is 0.987. The van der Waals surface area contributed by atoms with Gasteiger partial charge in [0.15, 0.2) is 5.11 Å². The minimum Gasteiger partial charge on any atom is -0.333 e. The summed E-state index contributed by atoms with van der Waals surface area (Å²) in [5, 5.41) is 7.58. The van der Waals surface area contributed by atoms with E-state index < -0.39 is 0 Å². The molecule has 2 N–H and O–H groups in total. The van der Waals surface area contributed by atoms with Crippen LogP contribution in [0.4, 0.5) is 5.69 Å². The third-order valence-corrected chi connectivity index (χ3v) is 3.29. The van der Waals surface area contributed by atoms with Crippen molar-refractivity contribution < 1.29 is 0 Å². The smallest absolute Gasteiger partial charge is 0.175 e. The highest BCUT2D eigenvalue weighted by Crippen LogP contribution is 2.20. The van der Waals surface area contributed by atoms with E-state index in [1.165, 1.54) is 0 Å². The zero-order valence-corrected chi connectivity index (χ0v) is 11.7. The van der Waals surface area contributed by atoms with E-state index in [1.807, 2.05) is 31.2 Å². The number of benzene rings is 1. The Hall–Kier alpha value is -1.32. The predicted molar refractivity (Wildman–Crippen MR) is 82.0 cm³/mol. The summed E-state index contributed by atoms with van der Waals surface area (Å²) in [6, 6.07) is 5.79. The first-order valence-electron chi connectivity index (χ1n) is 5.86. The molecule has 0 radical (unpaired) electrons. The van der Waals surface area contributed by atoms with Crippen LogP contribution in [0.25, 0.3) is 0 Å². The minimum absolute atomic E-state index is 0.577. The van der Waals surface area contributed by atoms with Crippen molar-refractivity contribution in [3.8, 4) is 0 Å². The largest absolute Gasteiger partial charge is 0.333 e. The Kier molecular flexibility index (Phi) is 4.39. The first-order valence-corrected chi connectivity index (χ1v) is 6.64. The van der Waals surface area contributed by atoms with Crippen LogP contribution in [-0.2, 0) is 0 Å². The summed E-state index contributed by atoms with van der Waals surface area (Å²) in [5.41, 5.74) is 2.99. The molecule has 1 aromatic carbocycles. The summed E-state index contributed by atoms with van der Waals surface area (Å²) in [4.78, 5) is 0. The van der Waals surface area contributed by atoms with Crippen molar-refractivity contribution in [2.75, 3.05) is 5.32 Å². The monoisotopic (exact) mass is 278 g/mol. The molecular formula is C14H15ClN2S. The first-order chi connectivity index (χ1) is 8.65. The third kappa shape index (κ3) is 3.59. The Bertz CT molecular complexity index is 521. The second kappa shape index (κ2) is 6.03. The standard InChI is InChI=1S/C14H15ClN2S/c1-10-7-8-12(9-13(10)15)17-14(18)16-11-5-3-2-4-6-11/h3,5-9H,2,4H2,1H3,(H2,16,17,18). The topological polar surface area (TPSA) is 24.1 Å². The second-order valence-corrected chi connectivity index (χ2v) is 5.00. The molecule has 0 saturated heterocycles. The van der Waals surface area contributed by atoms with Gasteiger partial charge in [-0.3, -0.25) is 0 Å². The molecule has 1 aliphatic rings. The van der Waals surface area contributed by atoms with E-state index in [0.29, 0.717) is 5.11 Å². The van der Waals surface area contributed by atoms with E-state index in [-0.39, 0.29) is 0 Å². The van der Waals surface area contributed by atoms with Gasteiger partial charge in [-0.05, 0) is 55.8 Å². The summed E-state index contributed by atoms with van der Waals surface area (Å²) in [6.07, 6.45) is 8.46. The fourth-order valence-electron chi connectivity index (χ4n) is 1.67. The molecule has 1 aliphatic carbocycles. The van der Waals surface area contributed by atoms with Gasteiger partial charge >= 0.3 is 0 Å². The van der Waals surface area contributed by atoms with E-state index >= 15 is 0 Å². The normalized spacial score (nSPS) is 14.0. The molecule has 2 nitrogen and oxygen atoms in total. The lowest BCUT2D eigenvalue weighted by atomic mass is 10.1. The maximum atomic E-state index is 6.06. The Labute approximate surface area is 118 Å². The van der Waals surface area contributed by atoms with Crippen LogP contribution in [0.2, 0.25) is 5.02 Å². The number of aryl methyl sites for hydroxylation is 1. The molecule has 0 atom stereocenters. The van der Waals surface area contributed by atoms with Gasteiger partial charge in [0.2, 0.25) is 0 Å². The van der Waals surface area contributed by atoms with E-state index in [9.17, 15) is 0 Å². The second-order valence-electron chi connectivity index (χ2n) is 4.18. The summed E-state index contributed by atoms with van der Waals surface area (Å²) in [5.74, 6) is 0. The van der Waals surface area contributed by atoms with Gasteiger partial charge in [0.05, 0.1) is 0 Å². The Morgan fingerprint density at radius 2 is 2.11 bits per heavy atom. The molecule has 4 heteroatoms. The van der Waals surface area contributed by atoms with Crippen LogP contribution in [0.5, 0.6) is 0 Å². The van der Waals surface area contributed by atoms with Crippen LogP contribution in [0.1, 0.15) is 18.4 Å². The fourth-order valence-corrected chi connectivity index (χ4v) is 2.09.